The number of carbonyl (C=O) groups is 1. The first-order valence-corrected chi connectivity index (χ1v) is 8.12. The number of hydrogen-bond acceptors (Lipinski definition) is 3. The minimum absolute atomic E-state index is 0.118. The summed E-state index contributed by atoms with van der Waals surface area (Å²) in [5, 5.41) is 9.90. The van der Waals surface area contributed by atoms with Gasteiger partial charge in [0.1, 0.15) is 0 Å². The normalized spacial score (nSPS) is 29.6. The van der Waals surface area contributed by atoms with E-state index in [0.717, 1.165) is 42.5 Å². The van der Waals surface area contributed by atoms with E-state index >= 15 is 0 Å². The number of ketones is 1. The number of nitrogens with zero attached hydrogens (tertiary/aromatic N) is 1. The highest BCUT2D eigenvalue weighted by atomic mass is 79.9. The van der Waals surface area contributed by atoms with Crippen LogP contribution in [0, 0.1) is 11.8 Å². The minimum atomic E-state index is -0.118. The van der Waals surface area contributed by atoms with Crippen molar-refractivity contribution in [2.45, 2.75) is 25.4 Å². The van der Waals surface area contributed by atoms with Crippen molar-refractivity contribution < 1.29 is 9.90 Å². The number of halogens is 1. The summed E-state index contributed by atoms with van der Waals surface area (Å²) >= 11 is 3.38. The van der Waals surface area contributed by atoms with Gasteiger partial charge in [-0.3, -0.25) is 4.79 Å². The first-order chi connectivity index (χ1) is 9.63. The molecule has 3 atom stereocenters. The zero-order valence-corrected chi connectivity index (χ0v) is 13.1. The Kier molecular flexibility index (Phi) is 4.24. The minimum Gasteiger partial charge on any atom is -0.393 e. The molecule has 3 unspecified atom stereocenters. The number of rotatable bonds is 4. The van der Waals surface area contributed by atoms with E-state index in [-0.39, 0.29) is 11.9 Å². The lowest BCUT2D eigenvalue weighted by molar-refractivity contribution is 0.0961. The molecule has 1 aromatic rings. The molecule has 20 heavy (non-hydrogen) atoms. The number of aliphatic hydroxyl groups is 1. The third-order valence-corrected chi connectivity index (χ3v) is 5.24. The van der Waals surface area contributed by atoms with E-state index in [0.29, 0.717) is 18.3 Å². The Morgan fingerprint density at radius 3 is 2.70 bits per heavy atom. The molecule has 1 aliphatic carbocycles. The monoisotopic (exact) mass is 337 g/mol. The Morgan fingerprint density at radius 1 is 1.25 bits per heavy atom. The van der Waals surface area contributed by atoms with Crippen LogP contribution in [0.3, 0.4) is 0 Å². The van der Waals surface area contributed by atoms with Gasteiger partial charge in [-0.15, -0.1) is 0 Å². The Balaban J connectivity index is 1.50. The van der Waals surface area contributed by atoms with Crippen LogP contribution >= 0.6 is 15.9 Å². The van der Waals surface area contributed by atoms with Crippen LogP contribution in [0.25, 0.3) is 0 Å². The molecule has 3 rings (SSSR count). The number of aliphatic hydroxyl groups excluding tert-OH is 1. The van der Waals surface area contributed by atoms with Crippen LogP contribution in [0.15, 0.2) is 28.7 Å². The fourth-order valence-electron chi connectivity index (χ4n) is 3.55. The summed E-state index contributed by atoms with van der Waals surface area (Å²) in [5.41, 5.74) is 0.785. The second-order valence-corrected chi connectivity index (χ2v) is 6.92. The summed E-state index contributed by atoms with van der Waals surface area (Å²) in [4.78, 5) is 14.5. The Hall–Kier alpha value is -0.710. The van der Waals surface area contributed by atoms with Crippen molar-refractivity contribution >= 4 is 21.7 Å². The maximum absolute atomic E-state index is 12.1. The summed E-state index contributed by atoms with van der Waals surface area (Å²) in [5.74, 6) is 1.29. The van der Waals surface area contributed by atoms with Gasteiger partial charge < -0.3 is 10.0 Å². The number of hydrogen-bond donors (Lipinski definition) is 1. The number of carbonyl (C=O) groups excluding carboxylic acids is 1. The largest absolute Gasteiger partial charge is 0.393 e. The summed E-state index contributed by atoms with van der Waals surface area (Å²) in [7, 11) is 0. The molecular formula is C16H20BrNO2. The molecule has 1 saturated carbocycles. The second-order valence-electron chi connectivity index (χ2n) is 6.01. The topological polar surface area (TPSA) is 40.5 Å². The maximum atomic E-state index is 12.1. The number of likely N-dealkylation sites (tertiary alicyclic amines) is 1. The zero-order valence-electron chi connectivity index (χ0n) is 11.5. The van der Waals surface area contributed by atoms with Crippen molar-refractivity contribution in [3.8, 4) is 0 Å². The lowest BCUT2D eigenvalue weighted by Gasteiger charge is -2.17. The van der Waals surface area contributed by atoms with Crippen molar-refractivity contribution in [2.75, 3.05) is 19.6 Å². The molecule has 0 spiro atoms. The van der Waals surface area contributed by atoms with Gasteiger partial charge in [-0.25, -0.2) is 0 Å². The summed E-state index contributed by atoms with van der Waals surface area (Å²) in [6.45, 7) is 2.82. The third-order valence-electron chi connectivity index (χ3n) is 4.72. The zero-order chi connectivity index (χ0) is 14.1. The van der Waals surface area contributed by atoms with Crippen LogP contribution < -0.4 is 0 Å². The van der Waals surface area contributed by atoms with Crippen LogP contribution in [0.4, 0.5) is 0 Å². The molecule has 0 aromatic heterocycles. The summed E-state index contributed by atoms with van der Waals surface area (Å²) in [6, 6.07) is 7.55. The van der Waals surface area contributed by atoms with Crippen molar-refractivity contribution in [3.05, 3.63) is 34.3 Å². The number of Topliss-reactive ketones (excluding diaryl/α,β-unsaturated/α-hetero) is 1. The van der Waals surface area contributed by atoms with Gasteiger partial charge in [0.25, 0.3) is 0 Å². The first-order valence-electron chi connectivity index (χ1n) is 7.32. The molecule has 108 valence electrons. The Bertz CT molecular complexity index is 488. The van der Waals surface area contributed by atoms with E-state index in [1.54, 1.807) is 0 Å². The van der Waals surface area contributed by atoms with Crippen molar-refractivity contribution in [3.63, 3.8) is 0 Å². The van der Waals surface area contributed by atoms with Gasteiger partial charge in [0.2, 0.25) is 0 Å². The second kappa shape index (κ2) is 5.96. The van der Waals surface area contributed by atoms with Gasteiger partial charge in [0.05, 0.1) is 6.10 Å². The SMILES string of the molecule is O=C(CCN1CC2CCC(O)C2C1)c1ccc(Br)cc1. The fraction of sp³-hybridized carbons (Fsp3) is 0.562. The van der Waals surface area contributed by atoms with Crippen LogP contribution in [0.2, 0.25) is 0 Å². The van der Waals surface area contributed by atoms with Gasteiger partial charge in [0.15, 0.2) is 5.78 Å². The third kappa shape index (κ3) is 2.97. The van der Waals surface area contributed by atoms with Crippen LogP contribution in [0.5, 0.6) is 0 Å². The van der Waals surface area contributed by atoms with Crippen molar-refractivity contribution in [2.24, 2.45) is 11.8 Å². The average Bonchev–Trinajstić information content (AvgIpc) is 2.99. The molecule has 2 fully saturated rings. The van der Waals surface area contributed by atoms with E-state index in [9.17, 15) is 9.90 Å². The molecule has 4 heteroatoms. The predicted molar refractivity (Wildman–Crippen MR) is 81.8 cm³/mol. The van der Waals surface area contributed by atoms with Gasteiger partial charge in [-0.2, -0.15) is 0 Å². The molecule has 1 heterocycles. The lowest BCUT2D eigenvalue weighted by Crippen LogP contribution is -2.27. The van der Waals surface area contributed by atoms with Crippen LogP contribution in [-0.4, -0.2) is 41.5 Å². The molecule has 0 radical (unpaired) electrons. The first kappa shape index (κ1) is 14.2. The highest BCUT2D eigenvalue weighted by molar-refractivity contribution is 9.10. The van der Waals surface area contributed by atoms with Crippen molar-refractivity contribution in [1.29, 1.82) is 0 Å². The summed E-state index contributed by atoms with van der Waals surface area (Å²) in [6.07, 6.45) is 2.55. The van der Waals surface area contributed by atoms with Crippen molar-refractivity contribution in [1.82, 2.24) is 4.90 Å². The molecule has 3 nitrogen and oxygen atoms in total. The van der Waals surface area contributed by atoms with E-state index < -0.39 is 0 Å². The van der Waals surface area contributed by atoms with E-state index in [1.165, 1.54) is 0 Å². The maximum Gasteiger partial charge on any atom is 0.164 e. The quantitative estimate of drug-likeness (QED) is 0.859. The average molecular weight is 338 g/mol. The lowest BCUT2D eigenvalue weighted by atomic mass is 10.00. The Labute approximate surface area is 128 Å². The molecule has 2 aliphatic rings. The van der Waals surface area contributed by atoms with Gasteiger partial charge in [-0.1, -0.05) is 28.1 Å². The number of fused-ring (bicyclic) bond motifs is 1. The van der Waals surface area contributed by atoms with Gasteiger partial charge >= 0.3 is 0 Å². The molecule has 1 aromatic carbocycles. The fourth-order valence-corrected chi connectivity index (χ4v) is 3.82. The van der Waals surface area contributed by atoms with Crippen LogP contribution in [0.1, 0.15) is 29.6 Å². The standard InChI is InChI=1S/C16H20BrNO2/c17-13-4-1-11(2-5-13)15(19)7-8-18-9-12-3-6-16(20)14(12)10-18/h1-2,4-5,12,14,16,20H,3,6-10H2. The van der Waals surface area contributed by atoms with Gasteiger partial charge in [0, 0.05) is 42.0 Å². The van der Waals surface area contributed by atoms with E-state index in [1.807, 2.05) is 24.3 Å². The predicted octanol–water partition coefficient (Wildman–Crippen LogP) is 2.72. The molecule has 0 bridgehead atoms. The van der Waals surface area contributed by atoms with E-state index in [2.05, 4.69) is 20.8 Å². The van der Waals surface area contributed by atoms with Gasteiger partial charge in [-0.05, 0) is 30.9 Å². The molecule has 1 N–H and O–H groups in total. The molecule has 0 amide bonds. The molecule has 1 saturated heterocycles. The van der Waals surface area contributed by atoms with E-state index in [4.69, 9.17) is 0 Å². The number of benzene rings is 1. The highest BCUT2D eigenvalue weighted by Crippen LogP contribution is 2.38. The molecular weight excluding hydrogens is 318 g/mol. The molecule has 1 aliphatic heterocycles. The Morgan fingerprint density at radius 2 is 2.00 bits per heavy atom. The van der Waals surface area contributed by atoms with Crippen LogP contribution in [-0.2, 0) is 0 Å². The highest BCUT2D eigenvalue weighted by Gasteiger charge is 2.41. The summed E-state index contributed by atoms with van der Waals surface area (Å²) < 4.78 is 0.996. The smallest absolute Gasteiger partial charge is 0.164 e.